The number of ether oxygens (including phenoxy) is 1. The number of benzene rings is 1. The van der Waals surface area contributed by atoms with Gasteiger partial charge in [-0.2, -0.15) is 5.26 Å². The minimum atomic E-state index is -0.500. The van der Waals surface area contributed by atoms with Crippen LogP contribution < -0.4 is 4.74 Å². The van der Waals surface area contributed by atoms with E-state index in [1.54, 1.807) is 6.07 Å². The van der Waals surface area contributed by atoms with Gasteiger partial charge in [0.1, 0.15) is 17.6 Å². The Morgan fingerprint density at radius 2 is 2.36 bits per heavy atom. The fourth-order valence-electron chi connectivity index (χ4n) is 1.01. The average molecular weight is 193 g/mol. The van der Waals surface area contributed by atoms with Crippen molar-refractivity contribution < 1.29 is 13.9 Å². The summed E-state index contributed by atoms with van der Waals surface area (Å²) in [6, 6.07) is 5.38. The summed E-state index contributed by atoms with van der Waals surface area (Å²) < 4.78 is 17.7. The number of hydrogen-bond donors (Lipinski definition) is 0. The molecule has 1 rings (SSSR count). The second-order valence-corrected chi connectivity index (χ2v) is 2.64. The predicted molar refractivity (Wildman–Crippen MR) is 47.5 cm³/mol. The highest BCUT2D eigenvalue weighted by atomic mass is 19.1. The number of ketones is 1. The fraction of sp³-hybridized carbons (Fsp3) is 0.200. The van der Waals surface area contributed by atoms with Gasteiger partial charge in [0, 0.05) is 0 Å². The van der Waals surface area contributed by atoms with Gasteiger partial charge in [-0.3, -0.25) is 4.79 Å². The number of carbonyl (C=O) groups excluding carboxylic acids is 1. The molecule has 0 aliphatic rings. The Kier molecular flexibility index (Phi) is 3.19. The summed E-state index contributed by atoms with van der Waals surface area (Å²) in [4.78, 5) is 11.1. The van der Waals surface area contributed by atoms with Crippen LogP contribution in [0.3, 0.4) is 0 Å². The zero-order chi connectivity index (χ0) is 10.6. The molecule has 0 saturated heterocycles. The Bertz CT molecular complexity index is 396. The van der Waals surface area contributed by atoms with E-state index in [9.17, 15) is 9.18 Å². The van der Waals surface area contributed by atoms with E-state index in [1.807, 2.05) is 0 Å². The third kappa shape index (κ3) is 2.30. The van der Waals surface area contributed by atoms with Crippen molar-refractivity contribution in [3.63, 3.8) is 0 Å². The lowest BCUT2D eigenvalue weighted by molar-refractivity contribution is 0.101. The van der Waals surface area contributed by atoms with Gasteiger partial charge >= 0.3 is 0 Å². The van der Waals surface area contributed by atoms with Crippen molar-refractivity contribution in [1.29, 1.82) is 5.26 Å². The Morgan fingerprint density at radius 3 is 2.93 bits per heavy atom. The molecule has 1 aromatic rings. The first-order valence-corrected chi connectivity index (χ1v) is 3.95. The molecule has 4 heteroatoms. The van der Waals surface area contributed by atoms with Gasteiger partial charge in [-0.05, 0) is 25.1 Å². The smallest absolute Gasteiger partial charge is 0.174 e. The number of nitrogens with zero attached hydrogens (tertiary/aromatic N) is 1. The van der Waals surface area contributed by atoms with Crippen molar-refractivity contribution in [2.45, 2.75) is 6.92 Å². The van der Waals surface area contributed by atoms with E-state index in [2.05, 4.69) is 0 Å². The number of nitriles is 1. The number of Topliss-reactive ketones (excluding diaryl/α,β-unsaturated/α-hetero) is 1. The lowest BCUT2D eigenvalue weighted by Gasteiger charge is -2.05. The Hall–Kier alpha value is -1.89. The van der Waals surface area contributed by atoms with Gasteiger partial charge in [0.15, 0.2) is 12.4 Å². The quantitative estimate of drug-likeness (QED) is 0.689. The van der Waals surface area contributed by atoms with Crippen LogP contribution in [0.4, 0.5) is 4.39 Å². The van der Waals surface area contributed by atoms with Crippen LogP contribution in [-0.2, 0) is 0 Å². The van der Waals surface area contributed by atoms with Crippen molar-refractivity contribution in [3.05, 3.63) is 29.6 Å². The molecule has 3 nitrogen and oxygen atoms in total. The van der Waals surface area contributed by atoms with E-state index in [1.165, 1.54) is 19.1 Å². The fourth-order valence-corrected chi connectivity index (χ4v) is 1.01. The van der Waals surface area contributed by atoms with Gasteiger partial charge in [0.05, 0.1) is 5.56 Å². The highest BCUT2D eigenvalue weighted by Gasteiger charge is 2.09. The molecule has 1 aromatic carbocycles. The molecule has 0 atom stereocenters. The topological polar surface area (TPSA) is 50.1 Å². The largest absolute Gasteiger partial charge is 0.478 e. The van der Waals surface area contributed by atoms with E-state index in [4.69, 9.17) is 10.00 Å². The molecule has 0 spiro atoms. The summed E-state index contributed by atoms with van der Waals surface area (Å²) in [5.41, 5.74) is 0.153. The van der Waals surface area contributed by atoms with Crippen LogP contribution in [0.15, 0.2) is 18.2 Å². The second-order valence-electron chi connectivity index (χ2n) is 2.64. The zero-order valence-corrected chi connectivity index (χ0v) is 7.58. The molecule has 0 heterocycles. The molecule has 14 heavy (non-hydrogen) atoms. The normalized spacial score (nSPS) is 9.21. The summed E-state index contributed by atoms with van der Waals surface area (Å²) in [5.74, 6) is -0.558. The Labute approximate surface area is 80.7 Å². The zero-order valence-electron chi connectivity index (χ0n) is 7.58. The maximum absolute atomic E-state index is 12.8. The number of halogens is 1. The lowest BCUT2D eigenvalue weighted by Crippen LogP contribution is -2.01. The highest BCUT2D eigenvalue weighted by molar-refractivity contribution is 5.96. The van der Waals surface area contributed by atoms with Crippen LogP contribution in [0.5, 0.6) is 5.75 Å². The average Bonchev–Trinajstić information content (AvgIpc) is 2.15. The van der Waals surface area contributed by atoms with Crippen LogP contribution in [0.25, 0.3) is 0 Å². The summed E-state index contributed by atoms with van der Waals surface area (Å²) in [7, 11) is 0. The van der Waals surface area contributed by atoms with E-state index in [-0.39, 0.29) is 23.7 Å². The molecule has 0 aromatic heterocycles. The van der Waals surface area contributed by atoms with Gasteiger partial charge in [0.2, 0.25) is 0 Å². The molecule has 0 N–H and O–H groups in total. The summed E-state index contributed by atoms with van der Waals surface area (Å²) in [6.07, 6.45) is 0. The Balaban J connectivity index is 3.03. The van der Waals surface area contributed by atoms with E-state index >= 15 is 0 Å². The van der Waals surface area contributed by atoms with E-state index in [0.717, 1.165) is 6.07 Å². The first-order valence-electron chi connectivity index (χ1n) is 3.95. The van der Waals surface area contributed by atoms with Crippen molar-refractivity contribution in [2.75, 3.05) is 6.61 Å². The number of hydrogen-bond acceptors (Lipinski definition) is 3. The summed E-state index contributed by atoms with van der Waals surface area (Å²) in [5, 5.41) is 8.28. The van der Waals surface area contributed by atoms with E-state index in [0.29, 0.717) is 0 Å². The molecule has 0 fully saturated rings. The van der Waals surface area contributed by atoms with Crippen LogP contribution in [0.1, 0.15) is 17.3 Å². The van der Waals surface area contributed by atoms with Gasteiger partial charge in [-0.1, -0.05) is 0 Å². The third-order valence-corrected chi connectivity index (χ3v) is 1.61. The van der Waals surface area contributed by atoms with Gasteiger partial charge < -0.3 is 4.74 Å². The van der Waals surface area contributed by atoms with Gasteiger partial charge in [-0.25, -0.2) is 4.39 Å². The molecule has 0 saturated carbocycles. The maximum atomic E-state index is 12.8. The molecule has 0 aliphatic heterocycles. The van der Waals surface area contributed by atoms with Crippen LogP contribution >= 0.6 is 0 Å². The second kappa shape index (κ2) is 4.38. The van der Waals surface area contributed by atoms with Gasteiger partial charge in [0.25, 0.3) is 0 Å². The molecule has 0 unspecified atom stereocenters. The molecular formula is C10H8FNO2. The first kappa shape index (κ1) is 10.2. The van der Waals surface area contributed by atoms with E-state index < -0.39 is 5.82 Å². The van der Waals surface area contributed by atoms with Crippen LogP contribution in [0.2, 0.25) is 0 Å². The molecule has 0 bridgehead atoms. The molecule has 72 valence electrons. The SMILES string of the molecule is CC(=O)c1cc(F)ccc1OCC#N. The van der Waals surface area contributed by atoms with Crippen molar-refractivity contribution >= 4 is 5.78 Å². The molecule has 0 amide bonds. The first-order chi connectivity index (χ1) is 6.65. The van der Waals surface area contributed by atoms with Crippen LogP contribution in [0, 0.1) is 17.1 Å². The minimum Gasteiger partial charge on any atom is -0.478 e. The summed E-state index contributed by atoms with van der Waals surface area (Å²) in [6.45, 7) is 1.15. The standard InChI is InChI=1S/C10H8FNO2/c1-7(13)9-6-8(11)2-3-10(9)14-5-4-12/h2-3,6H,5H2,1H3. The molecule has 0 radical (unpaired) electrons. The number of carbonyl (C=O) groups is 1. The van der Waals surface area contributed by atoms with Crippen molar-refractivity contribution in [1.82, 2.24) is 0 Å². The van der Waals surface area contributed by atoms with Crippen molar-refractivity contribution in [3.8, 4) is 11.8 Å². The highest BCUT2D eigenvalue weighted by Crippen LogP contribution is 2.19. The third-order valence-electron chi connectivity index (χ3n) is 1.61. The van der Waals surface area contributed by atoms with Crippen LogP contribution in [-0.4, -0.2) is 12.4 Å². The molecule has 0 aliphatic carbocycles. The summed E-state index contributed by atoms with van der Waals surface area (Å²) >= 11 is 0. The number of rotatable bonds is 3. The minimum absolute atomic E-state index is 0.153. The maximum Gasteiger partial charge on any atom is 0.174 e. The molecular weight excluding hydrogens is 185 g/mol. The van der Waals surface area contributed by atoms with Gasteiger partial charge in [-0.15, -0.1) is 0 Å². The lowest BCUT2D eigenvalue weighted by atomic mass is 10.1. The Morgan fingerprint density at radius 1 is 1.64 bits per heavy atom. The predicted octanol–water partition coefficient (Wildman–Crippen LogP) is 1.93. The monoisotopic (exact) mass is 193 g/mol. The van der Waals surface area contributed by atoms with Crippen molar-refractivity contribution in [2.24, 2.45) is 0 Å².